The van der Waals surface area contributed by atoms with Crippen molar-refractivity contribution in [2.45, 2.75) is 26.9 Å². The van der Waals surface area contributed by atoms with E-state index in [0.29, 0.717) is 11.3 Å². The number of aromatic nitrogens is 3. The van der Waals surface area contributed by atoms with Gasteiger partial charge in [0.15, 0.2) is 0 Å². The lowest BCUT2D eigenvalue weighted by Crippen LogP contribution is -2.23. The number of amides is 1. The van der Waals surface area contributed by atoms with Gasteiger partial charge in [-0.05, 0) is 26.0 Å². The molecule has 7 nitrogen and oxygen atoms in total. The summed E-state index contributed by atoms with van der Waals surface area (Å²) in [5.41, 5.74) is 3.14. The SMILES string of the molecule is Cc1cc(C)cc(C(=O)NCc2cn(CC(=O)O)nn2)c1. The van der Waals surface area contributed by atoms with Crippen molar-refractivity contribution in [1.29, 1.82) is 0 Å². The lowest BCUT2D eigenvalue weighted by atomic mass is 10.1. The van der Waals surface area contributed by atoms with Gasteiger partial charge in [-0.2, -0.15) is 0 Å². The Labute approximate surface area is 121 Å². The van der Waals surface area contributed by atoms with Crippen LogP contribution in [0.2, 0.25) is 0 Å². The lowest BCUT2D eigenvalue weighted by molar-refractivity contribution is -0.137. The summed E-state index contributed by atoms with van der Waals surface area (Å²) >= 11 is 0. The highest BCUT2D eigenvalue weighted by Gasteiger charge is 2.09. The van der Waals surface area contributed by atoms with Crippen LogP contribution in [0.25, 0.3) is 0 Å². The third kappa shape index (κ3) is 4.13. The van der Waals surface area contributed by atoms with Crippen LogP contribution in [0.5, 0.6) is 0 Å². The normalized spacial score (nSPS) is 10.4. The van der Waals surface area contributed by atoms with E-state index in [4.69, 9.17) is 5.11 Å². The molecule has 0 fully saturated rings. The van der Waals surface area contributed by atoms with Crippen molar-refractivity contribution >= 4 is 11.9 Å². The molecule has 0 aliphatic heterocycles. The van der Waals surface area contributed by atoms with E-state index in [1.54, 1.807) is 0 Å². The smallest absolute Gasteiger partial charge is 0.325 e. The largest absolute Gasteiger partial charge is 0.480 e. The first-order chi connectivity index (χ1) is 9.94. The van der Waals surface area contributed by atoms with Crippen LogP contribution in [0.3, 0.4) is 0 Å². The molecule has 1 amide bonds. The van der Waals surface area contributed by atoms with E-state index in [-0.39, 0.29) is 19.0 Å². The molecule has 2 aromatic rings. The Morgan fingerprint density at radius 3 is 2.52 bits per heavy atom. The number of carbonyl (C=O) groups excluding carboxylic acids is 1. The molecular formula is C14H16N4O3. The fourth-order valence-electron chi connectivity index (χ4n) is 2.01. The highest BCUT2D eigenvalue weighted by atomic mass is 16.4. The number of aliphatic carboxylic acids is 1. The Morgan fingerprint density at radius 1 is 1.24 bits per heavy atom. The minimum Gasteiger partial charge on any atom is -0.480 e. The van der Waals surface area contributed by atoms with Gasteiger partial charge in [0.1, 0.15) is 12.2 Å². The number of hydrogen-bond donors (Lipinski definition) is 2. The number of benzene rings is 1. The summed E-state index contributed by atoms with van der Waals surface area (Å²) in [6.07, 6.45) is 1.50. The Morgan fingerprint density at radius 2 is 1.90 bits per heavy atom. The highest BCUT2D eigenvalue weighted by Crippen LogP contribution is 2.08. The molecule has 110 valence electrons. The molecule has 0 spiro atoms. The van der Waals surface area contributed by atoms with Gasteiger partial charge in [-0.3, -0.25) is 9.59 Å². The number of hydrogen-bond acceptors (Lipinski definition) is 4. The van der Waals surface area contributed by atoms with E-state index in [9.17, 15) is 9.59 Å². The average Bonchev–Trinajstić information content (AvgIpc) is 2.81. The van der Waals surface area contributed by atoms with Crippen LogP contribution in [0.4, 0.5) is 0 Å². The maximum atomic E-state index is 12.0. The number of nitrogens with zero attached hydrogens (tertiary/aromatic N) is 3. The van der Waals surface area contributed by atoms with Crippen molar-refractivity contribution < 1.29 is 14.7 Å². The van der Waals surface area contributed by atoms with E-state index in [1.807, 2.05) is 32.0 Å². The van der Waals surface area contributed by atoms with Crippen LogP contribution >= 0.6 is 0 Å². The molecular weight excluding hydrogens is 272 g/mol. The van der Waals surface area contributed by atoms with Crippen LogP contribution in [0, 0.1) is 13.8 Å². The number of rotatable bonds is 5. The van der Waals surface area contributed by atoms with E-state index in [0.717, 1.165) is 11.1 Å². The Bertz CT molecular complexity index is 658. The molecule has 21 heavy (non-hydrogen) atoms. The fraction of sp³-hybridized carbons (Fsp3) is 0.286. The first-order valence-corrected chi connectivity index (χ1v) is 6.41. The van der Waals surface area contributed by atoms with Gasteiger partial charge < -0.3 is 10.4 Å². The summed E-state index contributed by atoms with van der Waals surface area (Å²) in [6, 6.07) is 5.61. The Hall–Kier alpha value is -2.70. The van der Waals surface area contributed by atoms with E-state index < -0.39 is 5.97 Å². The first kappa shape index (κ1) is 14.7. The average molecular weight is 288 g/mol. The molecule has 0 unspecified atom stereocenters. The molecule has 0 saturated heterocycles. The van der Waals surface area contributed by atoms with Crippen LogP contribution in [0.1, 0.15) is 27.2 Å². The maximum absolute atomic E-state index is 12.0. The minimum absolute atomic E-state index is 0.199. The molecule has 7 heteroatoms. The van der Waals surface area contributed by atoms with E-state index in [2.05, 4.69) is 15.6 Å². The van der Waals surface area contributed by atoms with Crippen molar-refractivity contribution in [3.8, 4) is 0 Å². The van der Waals surface area contributed by atoms with Gasteiger partial charge in [-0.1, -0.05) is 22.4 Å². The molecule has 0 saturated carbocycles. The quantitative estimate of drug-likeness (QED) is 0.852. The summed E-state index contributed by atoms with van der Waals surface area (Å²) in [4.78, 5) is 22.6. The van der Waals surface area contributed by atoms with Crippen molar-refractivity contribution in [3.63, 3.8) is 0 Å². The molecule has 1 aromatic carbocycles. The van der Waals surface area contributed by atoms with Gasteiger partial charge in [0, 0.05) is 5.56 Å². The van der Waals surface area contributed by atoms with Gasteiger partial charge in [0.2, 0.25) is 0 Å². The van der Waals surface area contributed by atoms with Gasteiger partial charge in [0.05, 0.1) is 12.7 Å². The summed E-state index contributed by atoms with van der Waals surface area (Å²) in [6.45, 7) is 3.81. The van der Waals surface area contributed by atoms with Crippen LogP contribution in [-0.2, 0) is 17.9 Å². The fourth-order valence-corrected chi connectivity index (χ4v) is 2.01. The second-order valence-electron chi connectivity index (χ2n) is 4.86. The highest BCUT2D eigenvalue weighted by molar-refractivity contribution is 5.94. The predicted octanol–water partition coefficient (Wildman–Crippen LogP) is 0.910. The number of carboxylic acid groups (broad SMARTS) is 1. The lowest BCUT2D eigenvalue weighted by Gasteiger charge is -2.05. The summed E-state index contributed by atoms with van der Waals surface area (Å²) in [5.74, 6) is -1.19. The number of nitrogens with one attached hydrogen (secondary N) is 1. The zero-order valence-corrected chi connectivity index (χ0v) is 11.8. The summed E-state index contributed by atoms with van der Waals surface area (Å²) < 4.78 is 1.21. The summed E-state index contributed by atoms with van der Waals surface area (Å²) in [5, 5.41) is 18.8. The number of carboxylic acids is 1. The van der Waals surface area contributed by atoms with Gasteiger partial charge in [0.25, 0.3) is 5.91 Å². The zero-order valence-electron chi connectivity index (χ0n) is 11.8. The molecule has 1 aromatic heterocycles. The first-order valence-electron chi connectivity index (χ1n) is 6.41. The summed E-state index contributed by atoms with van der Waals surface area (Å²) in [7, 11) is 0. The van der Waals surface area contributed by atoms with Gasteiger partial charge in [-0.15, -0.1) is 5.10 Å². The molecule has 2 N–H and O–H groups in total. The standard InChI is InChI=1S/C14H16N4O3/c1-9-3-10(2)5-11(4-9)14(21)15-6-12-7-18(17-16-12)8-13(19)20/h3-5,7H,6,8H2,1-2H3,(H,15,21)(H,19,20). The van der Waals surface area contributed by atoms with Crippen LogP contribution in [-0.4, -0.2) is 32.0 Å². The van der Waals surface area contributed by atoms with E-state index >= 15 is 0 Å². The number of aryl methyl sites for hydroxylation is 2. The molecule has 1 heterocycles. The van der Waals surface area contributed by atoms with E-state index in [1.165, 1.54) is 10.9 Å². The number of carbonyl (C=O) groups is 2. The van der Waals surface area contributed by atoms with Gasteiger partial charge >= 0.3 is 5.97 Å². The maximum Gasteiger partial charge on any atom is 0.325 e. The Balaban J connectivity index is 1.97. The molecule has 0 bridgehead atoms. The minimum atomic E-state index is -0.995. The molecule has 2 rings (SSSR count). The van der Waals surface area contributed by atoms with Crippen LogP contribution < -0.4 is 5.32 Å². The monoisotopic (exact) mass is 288 g/mol. The van der Waals surface area contributed by atoms with Gasteiger partial charge in [-0.25, -0.2) is 4.68 Å². The van der Waals surface area contributed by atoms with Crippen molar-refractivity contribution in [3.05, 3.63) is 46.8 Å². The molecule has 0 aliphatic carbocycles. The predicted molar refractivity (Wildman–Crippen MR) is 74.7 cm³/mol. The van der Waals surface area contributed by atoms with Crippen molar-refractivity contribution in [2.24, 2.45) is 0 Å². The van der Waals surface area contributed by atoms with Crippen LogP contribution in [0.15, 0.2) is 24.4 Å². The topological polar surface area (TPSA) is 97.1 Å². The third-order valence-electron chi connectivity index (χ3n) is 2.80. The second kappa shape index (κ2) is 6.17. The zero-order chi connectivity index (χ0) is 15.4. The molecule has 0 radical (unpaired) electrons. The molecule has 0 atom stereocenters. The molecule has 0 aliphatic rings. The van der Waals surface area contributed by atoms with Crippen molar-refractivity contribution in [1.82, 2.24) is 20.3 Å². The van der Waals surface area contributed by atoms with Crippen molar-refractivity contribution in [2.75, 3.05) is 0 Å². The second-order valence-corrected chi connectivity index (χ2v) is 4.86. The Kier molecular flexibility index (Phi) is 4.32. The third-order valence-corrected chi connectivity index (χ3v) is 2.80.